The van der Waals surface area contributed by atoms with Crippen molar-refractivity contribution in [3.05, 3.63) is 0 Å². The molecular formula is C14H23NO3S. The van der Waals surface area contributed by atoms with E-state index in [0.717, 1.165) is 19.4 Å². The molecule has 108 valence electrons. The number of carboxylic acids is 1. The van der Waals surface area contributed by atoms with Gasteiger partial charge in [-0.25, -0.2) is 0 Å². The van der Waals surface area contributed by atoms with Gasteiger partial charge >= 0.3 is 5.97 Å². The predicted molar refractivity (Wildman–Crippen MR) is 76.2 cm³/mol. The van der Waals surface area contributed by atoms with Crippen LogP contribution in [0.3, 0.4) is 0 Å². The van der Waals surface area contributed by atoms with Crippen LogP contribution in [0.1, 0.15) is 45.4 Å². The van der Waals surface area contributed by atoms with Crippen molar-refractivity contribution < 1.29 is 14.7 Å². The average Bonchev–Trinajstić information content (AvgIpc) is 2.43. The minimum atomic E-state index is -0.841. The summed E-state index contributed by atoms with van der Waals surface area (Å²) in [4.78, 5) is 25.1. The Balaban J connectivity index is 1.88. The van der Waals surface area contributed by atoms with Gasteiger partial charge in [0, 0.05) is 12.6 Å². The van der Waals surface area contributed by atoms with E-state index >= 15 is 0 Å². The lowest BCUT2D eigenvalue weighted by atomic mass is 9.78. The molecule has 19 heavy (non-hydrogen) atoms. The van der Waals surface area contributed by atoms with Crippen molar-refractivity contribution in [2.24, 2.45) is 5.92 Å². The molecule has 3 atom stereocenters. The van der Waals surface area contributed by atoms with Crippen molar-refractivity contribution in [2.75, 3.05) is 12.3 Å². The summed E-state index contributed by atoms with van der Waals surface area (Å²) in [6, 6.07) is 0.427. The maximum Gasteiger partial charge on any atom is 0.316 e. The molecule has 1 saturated heterocycles. The monoisotopic (exact) mass is 285 g/mol. The van der Waals surface area contributed by atoms with Gasteiger partial charge in [0.1, 0.15) is 0 Å². The fraction of sp³-hybridized carbons (Fsp3) is 0.857. The molecule has 1 heterocycles. The zero-order valence-corrected chi connectivity index (χ0v) is 12.3. The first kappa shape index (κ1) is 14.7. The molecule has 5 heteroatoms. The van der Waals surface area contributed by atoms with Gasteiger partial charge in [-0.15, -0.1) is 11.8 Å². The number of carboxylic acid groups (broad SMARTS) is 1. The molecule has 0 aromatic rings. The number of hydrogen-bond donors (Lipinski definition) is 1. The highest BCUT2D eigenvalue weighted by molar-refractivity contribution is 8.01. The van der Waals surface area contributed by atoms with E-state index in [9.17, 15) is 9.59 Å². The SMILES string of the molecule is CC(SCC(=O)N1CCCC2CCCCC21)C(=O)O. The lowest BCUT2D eigenvalue weighted by molar-refractivity contribution is -0.136. The number of piperidine rings is 1. The van der Waals surface area contributed by atoms with Gasteiger partial charge in [0.25, 0.3) is 0 Å². The zero-order valence-electron chi connectivity index (χ0n) is 11.5. The van der Waals surface area contributed by atoms with Crippen LogP contribution in [0.25, 0.3) is 0 Å². The second-order valence-corrected chi connectivity index (χ2v) is 6.96. The molecule has 0 aromatic heterocycles. The number of rotatable bonds is 4. The summed E-state index contributed by atoms with van der Waals surface area (Å²) in [7, 11) is 0. The molecule has 4 nitrogen and oxygen atoms in total. The number of amides is 1. The maximum atomic E-state index is 12.3. The van der Waals surface area contributed by atoms with E-state index in [2.05, 4.69) is 0 Å². The molecule has 0 aromatic carbocycles. The second kappa shape index (κ2) is 6.64. The van der Waals surface area contributed by atoms with Crippen molar-refractivity contribution in [3.8, 4) is 0 Å². The third kappa shape index (κ3) is 3.65. The lowest BCUT2D eigenvalue weighted by Crippen LogP contribution is -2.50. The number of likely N-dealkylation sites (tertiary alicyclic amines) is 1. The first-order valence-corrected chi connectivity index (χ1v) is 8.28. The molecule has 2 aliphatic rings. The number of thioether (sulfide) groups is 1. The third-order valence-corrected chi connectivity index (χ3v) is 5.48. The smallest absolute Gasteiger partial charge is 0.316 e. The number of hydrogen-bond acceptors (Lipinski definition) is 3. The van der Waals surface area contributed by atoms with E-state index in [1.165, 1.54) is 37.4 Å². The molecule has 3 unspecified atom stereocenters. The normalized spacial score (nSPS) is 28.6. The minimum absolute atomic E-state index is 0.134. The third-order valence-electron chi connectivity index (χ3n) is 4.37. The average molecular weight is 285 g/mol. The summed E-state index contributed by atoms with van der Waals surface area (Å²) in [6.45, 7) is 2.50. The van der Waals surface area contributed by atoms with Gasteiger partial charge in [0.05, 0.1) is 11.0 Å². The molecule has 1 saturated carbocycles. The summed E-state index contributed by atoms with van der Waals surface area (Å²) >= 11 is 1.23. The van der Waals surface area contributed by atoms with Crippen LogP contribution in [0.5, 0.6) is 0 Å². The molecule has 1 aliphatic carbocycles. The molecule has 1 N–H and O–H groups in total. The molecular weight excluding hydrogens is 262 g/mol. The summed E-state index contributed by atoms with van der Waals surface area (Å²) in [6.07, 6.45) is 7.28. The first-order valence-electron chi connectivity index (χ1n) is 7.23. The standard InChI is InChI=1S/C14H23NO3S/c1-10(14(17)18)19-9-13(16)15-8-4-6-11-5-2-3-7-12(11)15/h10-12H,2-9H2,1H3,(H,17,18). The fourth-order valence-electron chi connectivity index (χ4n) is 3.28. The molecule has 1 amide bonds. The number of nitrogens with zero attached hydrogens (tertiary/aromatic N) is 1. The Morgan fingerprint density at radius 3 is 2.68 bits per heavy atom. The van der Waals surface area contributed by atoms with Crippen LogP contribution in [0.2, 0.25) is 0 Å². The van der Waals surface area contributed by atoms with Gasteiger partial charge < -0.3 is 10.0 Å². The minimum Gasteiger partial charge on any atom is -0.480 e. The Hall–Kier alpha value is -0.710. The van der Waals surface area contributed by atoms with Crippen molar-refractivity contribution in [1.82, 2.24) is 4.90 Å². The van der Waals surface area contributed by atoms with E-state index in [4.69, 9.17) is 5.11 Å². The van der Waals surface area contributed by atoms with E-state index < -0.39 is 11.2 Å². The van der Waals surface area contributed by atoms with Gasteiger partial charge in [0.15, 0.2) is 0 Å². The summed E-state index contributed by atoms with van der Waals surface area (Å²) < 4.78 is 0. The summed E-state index contributed by atoms with van der Waals surface area (Å²) in [5.74, 6) is 0.284. The van der Waals surface area contributed by atoms with Crippen LogP contribution in [-0.2, 0) is 9.59 Å². The van der Waals surface area contributed by atoms with Crippen molar-refractivity contribution in [2.45, 2.75) is 56.7 Å². The van der Waals surface area contributed by atoms with Crippen LogP contribution < -0.4 is 0 Å². The Kier molecular flexibility index (Phi) is 5.13. The highest BCUT2D eigenvalue weighted by Gasteiger charge is 2.35. The molecule has 0 bridgehead atoms. The fourth-order valence-corrected chi connectivity index (χ4v) is 3.99. The number of carbonyl (C=O) groups is 2. The largest absolute Gasteiger partial charge is 0.480 e. The first-order chi connectivity index (χ1) is 9.09. The van der Waals surface area contributed by atoms with Crippen LogP contribution in [-0.4, -0.2) is 45.5 Å². The van der Waals surface area contributed by atoms with Crippen LogP contribution in [0.4, 0.5) is 0 Å². The lowest BCUT2D eigenvalue weighted by Gasteiger charge is -2.44. The molecule has 2 fully saturated rings. The molecule has 0 radical (unpaired) electrons. The highest BCUT2D eigenvalue weighted by atomic mass is 32.2. The Bertz CT molecular complexity index is 346. The van der Waals surface area contributed by atoms with Crippen LogP contribution in [0.15, 0.2) is 0 Å². The van der Waals surface area contributed by atoms with Crippen molar-refractivity contribution in [3.63, 3.8) is 0 Å². The van der Waals surface area contributed by atoms with Gasteiger partial charge in [0.2, 0.25) is 5.91 Å². The van der Waals surface area contributed by atoms with Gasteiger partial charge in [-0.05, 0) is 38.5 Å². The molecule has 1 aliphatic heterocycles. The summed E-state index contributed by atoms with van der Waals surface area (Å²) in [5.41, 5.74) is 0. The highest BCUT2D eigenvalue weighted by Crippen LogP contribution is 2.35. The predicted octanol–water partition coefficient (Wildman–Crippen LogP) is 2.37. The van der Waals surface area contributed by atoms with E-state index in [0.29, 0.717) is 17.7 Å². The Morgan fingerprint density at radius 2 is 1.95 bits per heavy atom. The van der Waals surface area contributed by atoms with Gasteiger partial charge in [-0.1, -0.05) is 12.8 Å². The van der Waals surface area contributed by atoms with Gasteiger partial charge in [-0.2, -0.15) is 0 Å². The molecule has 0 spiro atoms. The zero-order chi connectivity index (χ0) is 13.8. The van der Waals surface area contributed by atoms with E-state index in [1.807, 2.05) is 4.90 Å². The second-order valence-electron chi connectivity index (χ2n) is 5.63. The Morgan fingerprint density at radius 1 is 1.26 bits per heavy atom. The van der Waals surface area contributed by atoms with Crippen LogP contribution >= 0.6 is 11.8 Å². The van der Waals surface area contributed by atoms with Crippen molar-refractivity contribution >= 4 is 23.6 Å². The van der Waals surface area contributed by atoms with Gasteiger partial charge in [-0.3, -0.25) is 9.59 Å². The van der Waals surface area contributed by atoms with E-state index in [1.54, 1.807) is 6.92 Å². The quantitative estimate of drug-likeness (QED) is 0.861. The maximum absolute atomic E-state index is 12.3. The van der Waals surface area contributed by atoms with E-state index in [-0.39, 0.29) is 5.91 Å². The number of aliphatic carboxylic acids is 1. The Labute approximate surface area is 118 Å². The summed E-state index contributed by atoms with van der Waals surface area (Å²) in [5, 5.41) is 8.34. The topological polar surface area (TPSA) is 57.6 Å². The van der Waals surface area contributed by atoms with Crippen molar-refractivity contribution in [1.29, 1.82) is 0 Å². The van der Waals surface area contributed by atoms with Crippen LogP contribution in [0, 0.1) is 5.92 Å². The number of fused-ring (bicyclic) bond motifs is 1. The number of carbonyl (C=O) groups excluding carboxylic acids is 1. The molecule has 2 rings (SSSR count).